The van der Waals surface area contributed by atoms with Crippen LogP contribution in [-0.4, -0.2) is 16.1 Å². The monoisotopic (exact) mass is 318 g/mol. The van der Waals surface area contributed by atoms with Crippen LogP contribution in [0.4, 0.5) is 11.4 Å². The van der Waals surface area contributed by atoms with E-state index in [0.29, 0.717) is 0 Å². The molecular weight excluding hydrogens is 296 g/mol. The van der Waals surface area contributed by atoms with Gasteiger partial charge in [0.05, 0.1) is 6.54 Å². The molecule has 0 saturated carbocycles. The Morgan fingerprint density at radius 3 is 2.75 bits per heavy atom. The van der Waals surface area contributed by atoms with Crippen LogP contribution >= 0.6 is 0 Å². The molecule has 1 aliphatic rings. The number of fused-ring (bicyclic) bond motifs is 1. The van der Waals surface area contributed by atoms with Crippen LogP contribution in [0.2, 0.25) is 0 Å². The van der Waals surface area contributed by atoms with Crippen molar-refractivity contribution in [3.05, 3.63) is 77.9 Å². The minimum Gasteiger partial charge on any atom is -0.398 e. The van der Waals surface area contributed by atoms with E-state index in [1.165, 1.54) is 16.8 Å². The van der Waals surface area contributed by atoms with Crippen molar-refractivity contribution in [2.45, 2.75) is 25.9 Å². The molecule has 24 heavy (non-hydrogen) atoms. The lowest BCUT2D eigenvalue weighted by atomic mass is 10.00. The first-order valence-electron chi connectivity index (χ1n) is 8.47. The average Bonchev–Trinajstić information content (AvgIpc) is 3.04. The molecule has 4 heteroatoms. The molecule has 0 atom stereocenters. The molecule has 2 aromatic carbocycles. The van der Waals surface area contributed by atoms with Gasteiger partial charge < -0.3 is 15.2 Å². The number of hydrogen-bond acceptors (Lipinski definition) is 3. The Balaban J connectivity index is 1.58. The number of hydrogen-bond donors (Lipinski definition) is 1. The molecule has 2 N–H and O–H groups in total. The molecule has 3 aromatic rings. The van der Waals surface area contributed by atoms with Gasteiger partial charge >= 0.3 is 0 Å². The molecule has 122 valence electrons. The van der Waals surface area contributed by atoms with Crippen LogP contribution < -0.4 is 10.6 Å². The van der Waals surface area contributed by atoms with Gasteiger partial charge in [-0.2, -0.15) is 0 Å². The molecule has 0 fully saturated rings. The smallest absolute Gasteiger partial charge is 0.128 e. The van der Waals surface area contributed by atoms with Gasteiger partial charge in [0.15, 0.2) is 0 Å². The molecule has 0 bridgehead atoms. The van der Waals surface area contributed by atoms with E-state index >= 15 is 0 Å². The lowest BCUT2D eigenvalue weighted by Gasteiger charge is -2.31. The van der Waals surface area contributed by atoms with E-state index in [-0.39, 0.29) is 0 Å². The first-order chi connectivity index (χ1) is 11.8. The Labute approximate surface area is 142 Å². The zero-order chi connectivity index (χ0) is 16.4. The minimum atomic E-state index is 0.816. The highest BCUT2D eigenvalue weighted by Gasteiger charge is 2.20. The van der Waals surface area contributed by atoms with Gasteiger partial charge in [-0.25, -0.2) is 4.98 Å². The summed E-state index contributed by atoms with van der Waals surface area (Å²) in [5, 5.41) is 0. The SMILES string of the molecule is Nc1cccc2c1CCCN2Cc1nccn1Cc1ccccc1. The third kappa shape index (κ3) is 2.87. The Hall–Kier alpha value is -2.75. The van der Waals surface area contributed by atoms with Crippen molar-refractivity contribution in [2.24, 2.45) is 0 Å². The highest BCUT2D eigenvalue weighted by molar-refractivity contribution is 5.66. The van der Waals surface area contributed by atoms with Gasteiger partial charge in [-0.3, -0.25) is 0 Å². The van der Waals surface area contributed by atoms with Crippen LogP contribution in [0.5, 0.6) is 0 Å². The van der Waals surface area contributed by atoms with Crippen LogP contribution in [0.1, 0.15) is 23.4 Å². The minimum absolute atomic E-state index is 0.816. The van der Waals surface area contributed by atoms with Crippen molar-refractivity contribution in [2.75, 3.05) is 17.2 Å². The van der Waals surface area contributed by atoms with Crippen molar-refractivity contribution in [3.63, 3.8) is 0 Å². The standard InChI is InChI=1S/C20H22N4/c21-18-9-4-10-19-17(18)8-5-12-23(19)15-20-22-11-13-24(20)14-16-6-2-1-3-7-16/h1-4,6-7,9-11,13H,5,8,12,14-15,21H2. The van der Waals surface area contributed by atoms with Gasteiger partial charge in [0.1, 0.15) is 5.82 Å². The third-order valence-corrected chi connectivity index (χ3v) is 4.71. The summed E-state index contributed by atoms with van der Waals surface area (Å²) in [4.78, 5) is 6.99. The van der Waals surface area contributed by atoms with Crippen LogP contribution in [-0.2, 0) is 19.5 Å². The maximum absolute atomic E-state index is 6.16. The largest absolute Gasteiger partial charge is 0.398 e. The van der Waals surface area contributed by atoms with Gasteiger partial charge in [0.25, 0.3) is 0 Å². The summed E-state index contributed by atoms with van der Waals surface area (Å²) in [6, 6.07) is 16.7. The Morgan fingerprint density at radius 1 is 1.00 bits per heavy atom. The molecule has 0 saturated heterocycles. The highest BCUT2D eigenvalue weighted by Crippen LogP contribution is 2.32. The average molecular weight is 318 g/mol. The summed E-state index contributed by atoms with van der Waals surface area (Å²) < 4.78 is 2.23. The number of nitrogens with zero attached hydrogens (tertiary/aromatic N) is 3. The fourth-order valence-corrected chi connectivity index (χ4v) is 3.48. The molecule has 0 amide bonds. The molecular formula is C20H22N4. The van der Waals surface area contributed by atoms with Gasteiger partial charge in [-0.1, -0.05) is 36.4 Å². The molecule has 4 nitrogen and oxygen atoms in total. The van der Waals surface area contributed by atoms with Gasteiger partial charge in [0, 0.05) is 36.9 Å². The van der Waals surface area contributed by atoms with Crippen molar-refractivity contribution >= 4 is 11.4 Å². The van der Waals surface area contributed by atoms with Crippen LogP contribution in [0.25, 0.3) is 0 Å². The molecule has 0 aliphatic carbocycles. The zero-order valence-corrected chi connectivity index (χ0v) is 13.7. The number of anilines is 2. The van der Waals surface area contributed by atoms with E-state index in [2.05, 4.69) is 51.0 Å². The second-order valence-corrected chi connectivity index (χ2v) is 6.33. The highest BCUT2D eigenvalue weighted by atomic mass is 15.2. The summed E-state index contributed by atoms with van der Waals surface area (Å²) in [7, 11) is 0. The van der Waals surface area contributed by atoms with Crippen molar-refractivity contribution in [1.82, 2.24) is 9.55 Å². The number of aromatic nitrogens is 2. The summed E-state index contributed by atoms with van der Waals surface area (Å²) in [6.45, 7) is 2.72. The molecule has 0 unspecified atom stereocenters. The Morgan fingerprint density at radius 2 is 1.88 bits per heavy atom. The van der Waals surface area contributed by atoms with E-state index in [1.54, 1.807) is 0 Å². The maximum atomic E-state index is 6.16. The summed E-state index contributed by atoms with van der Waals surface area (Å²) in [6.07, 6.45) is 6.16. The van der Waals surface area contributed by atoms with Crippen molar-refractivity contribution < 1.29 is 0 Å². The molecule has 1 aromatic heterocycles. The molecule has 0 radical (unpaired) electrons. The van der Waals surface area contributed by atoms with Crippen LogP contribution in [0, 0.1) is 0 Å². The summed E-state index contributed by atoms with van der Waals surface area (Å²) in [5.74, 6) is 1.09. The second kappa shape index (κ2) is 6.40. The molecule has 1 aliphatic heterocycles. The molecule has 4 rings (SSSR count). The van der Waals surface area contributed by atoms with E-state index in [1.807, 2.05) is 24.4 Å². The van der Waals surface area contributed by atoms with E-state index in [4.69, 9.17) is 5.73 Å². The first-order valence-corrected chi connectivity index (χ1v) is 8.47. The fraction of sp³-hybridized carbons (Fsp3) is 0.250. The number of benzene rings is 2. The van der Waals surface area contributed by atoms with Gasteiger partial charge in [-0.15, -0.1) is 0 Å². The van der Waals surface area contributed by atoms with Crippen molar-refractivity contribution in [3.8, 4) is 0 Å². The predicted molar refractivity (Wildman–Crippen MR) is 98.0 cm³/mol. The third-order valence-electron chi connectivity index (χ3n) is 4.71. The zero-order valence-electron chi connectivity index (χ0n) is 13.7. The quantitative estimate of drug-likeness (QED) is 0.749. The van der Waals surface area contributed by atoms with Gasteiger partial charge in [0.2, 0.25) is 0 Å². The number of nitrogens with two attached hydrogens (primary N) is 1. The molecule has 0 spiro atoms. The van der Waals surface area contributed by atoms with E-state index < -0.39 is 0 Å². The maximum Gasteiger partial charge on any atom is 0.128 e. The number of nitrogen functional groups attached to an aromatic ring is 1. The second-order valence-electron chi connectivity index (χ2n) is 6.33. The summed E-state index contributed by atoms with van der Waals surface area (Å²) >= 11 is 0. The molecule has 2 heterocycles. The Kier molecular flexibility index (Phi) is 3.95. The summed E-state index contributed by atoms with van der Waals surface area (Å²) in [5.41, 5.74) is 10.9. The normalized spacial score (nSPS) is 13.8. The number of imidazole rings is 1. The predicted octanol–water partition coefficient (Wildman–Crippen LogP) is 3.47. The fourth-order valence-electron chi connectivity index (χ4n) is 3.48. The van der Waals surface area contributed by atoms with Crippen LogP contribution in [0.15, 0.2) is 60.9 Å². The van der Waals surface area contributed by atoms with Gasteiger partial charge in [-0.05, 0) is 36.1 Å². The van der Waals surface area contributed by atoms with E-state index in [9.17, 15) is 0 Å². The lowest BCUT2D eigenvalue weighted by molar-refractivity contribution is 0.643. The van der Waals surface area contributed by atoms with Crippen LogP contribution in [0.3, 0.4) is 0 Å². The van der Waals surface area contributed by atoms with Crippen molar-refractivity contribution in [1.29, 1.82) is 0 Å². The van der Waals surface area contributed by atoms with E-state index in [0.717, 1.165) is 44.0 Å². The topological polar surface area (TPSA) is 47.1 Å². The first kappa shape index (κ1) is 14.8. The Bertz CT molecular complexity index is 823. The number of rotatable bonds is 4. The lowest BCUT2D eigenvalue weighted by Crippen LogP contribution is -2.30.